The van der Waals surface area contributed by atoms with E-state index in [0.29, 0.717) is 0 Å². The molecule has 5 N–H and O–H groups in total. The lowest BCUT2D eigenvalue weighted by molar-refractivity contribution is -0.125. The molecule has 0 heterocycles. The van der Waals surface area contributed by atoms with Crippen LogP contribution in [-0.2, 0) is 10.2 Å². The van der Waals surface area contributed by atoms with Crippen LogP contribution in [0.3, 0.4) is 0 Å². The fourth-order valence-corrected chi connectivity index (χ4v) is 5.59. The number of nitrogens with one attached hydrogen (secondary N) is 1. The fraction of sp³-hybridized carbons (Fsp3) is 0.370. The van der Waals surface area contributed by atoms with E-state index in [2.05, 4.69) is 54.7 Å². The molecule has 1 fully saturated rings. The molecular formula is C27H33N3O. The highest BCUT2D eigenvalue weighted by atomic mass is 16.1. The van der Waals surface area contributed by atoms with Crippen LogP contribution in [0, 0.1) is 0 Å². The second-order valence-corrected chi connectivity index (χ2v) is 8.81. The molecule has 0 radical (unpaired) electrons. The summed E-state index contributed by atoms with van der Waals surface area (Å²) in [7, 11) is 0. The van der Waals surface area contributed by atoms with Gasteiger partial charge in [0.2, 0.25) is 5.91 Å². The van der Waals surface area contributed by atoms with Crippen LogP contribution < -0.4 is 16.8 Å². The molecule has 0 aromatic heterocycles. The van der Waals surface area contributed by atoms with Crippen molar-refractivity contribution in [2.24, 2.45) is 11.5 Å². The first-order valence-electron chi connectivity index (χ1n) is 11.4. The van der Waals surface area contributed by atoms with Crippen LogP contribution in [0.4, 0.5) is 0 Å². The molecule has 2 aromatic rings. The molecule has 0 aliphatic heterocycles. The predicted molar refractivity (Wildman–Crippen MR) is 126 cm³/mol. The van der Waals surface area contributed by atoms with Crippen LogP contribution in [0.5, 0.6) is 0 Å². The Morgan fingerprint density at radius 2 is 1.52 bits per heavy atom. The molecule has 1 saturated carbocycles. The first-order chi connectivity index (χ1) is 15.0. The van der Waals surface area contributed by atoms with E-state index in [9.17, 15) is 4.79 Å². The van der Waals surface area contributed by atoms with Crippen LogP contribution >= 0.6 is 0 Å². The number of benzene rings is 2. The van der Waals surface area contributed by atoms with Crippen molar-refractivity contribution in [2.45, 2.75) is 62.1 Å². The largest absolute Gasteiger partial charge is 0.368 e. The molecule has 31 heavy (non-hydrogen) atoms. The van der Waals surface area contributed by atoms with E-state index in [-0.39, 0.29) is 18.0 Å². The van der Waals surface area contributed by atoms with E-state index in [1.807, 2.05) is 36.4 Å². The molecule has 1 amide bonds. The van der Waals surface area contributed by atoms with Crippen molar-refractivity contribution in [3.63, 3.8) is 0 Å². The van der Waals surface area contributed by atoms with E-state index in [0.717, 1.165) is 48.8 Å². The Morgan fingerprint density at radius 3 is 2.00 bits per heavy atom. The zero-order valence-corrected chi connectivity index (χ0v) is 18.3. The molecule has 4 rings (SSSR count). The number of rotatable bonds is 6. The van der Waals surface area contributed by atoms with Crippen LogP contribution in [0.1, 0.15) is 50.2 Å². The fourth-order valence-electron chi connectivity index (χ4n) is 5.59. The van der Waals surface area contributed by atoms with Crippen molar-refractivity contribution < 1.29 is 4.79 Å². The average Bonchev–Trinajstić information content (AvgIpc) is 2.81. The third kappa shape index (κ3) is 3.54. The van der Waals surface area contributed by atoms with Gasteiger partial charge in [-0.15, -0.1) is 0 Å². The van der Waals surface area contributed by atoms with Crippen molar-refractivity contribution in [1.29, 1.82) is 0 Å². The summed E-state index contributed by atoms with van der Waals surface area (Å²) >= 11 is 0. The summed E-state index contributed by atoms with van der Waals surface area (Å²) in [5.41, 5.74) is 13.8. The Kier molecular flexibility index (Phi) is 6.12. The molecule has 162 valence electrons. The topological polar surface area (TPSA) is 81.1 Å². The average molecular weight is 416 g/mol. The zero-order chi connectivity index (χ0) is 21.9. The summed E-state index contributed by atoms with van der Waals surface area (Å²) in [5.74, 6) is -0.340. The van der Waals surface area contributed by atoms with Gasteiger partial charge in [-0.2, -0.15) is 0 Å². The number of allylic oxidation sites excluding steroid dienone is 2. The first-order valence-corrected chi connectivity index (χ1v) is 11.4. The van der Waals surface area contributed by atoms with Crippen LogP contribution in [0.15, 0.2) is 84.5 Å². The molecule has 0 spiro atoms. The van der Waals surface area contributed by atoms with Crippen molar-refractivity contribution >= 4 is 5.91 Å². The van der Waals surface area contributed by atoms with E-state index < -0.39 is 11.0 Å². The number of nitrogens with two attached hydrogens (primary N) is 2. The Hall–Kier alpha value is -2.69. The Labute approximate surface area is 185 Å². The highest BCUT2D eigenvalue weighted by Crippen LogP contribution is 2.50. The minimum Gasteiger partial charge on any atom is -0.368 e. The van der Waals surface area contributed by atoms with Gasteiger partial charge in [-0.1, -0.05) is 85.8 Å². The van der Waals surface area contributed by atoms with E-state index >= 15 is 0 Å². The van der Waals surface area contributed by atoms with Gasteiger partial charge in [-0.05, 0) is 48.8 Å². The van der Waals surface area contributed by atoms with Gasteiger partial charge in [-0.3, -0.25) is 10.1 Å². The molecule has 1 unspecified atom stereocenters. The van der Waals surface area contributed by atoms with E-state index in [4.69, 9.17) is 11.5 Å². The van der Waals surface area contributed by atoms with E-state index in [1.54, 1.807) is 0 Å². The summed E-state index contributed by atoms with van der Waals surface area (Å²) < 4.78 is 0. The molecule has 4 heteroatoms. The second-order valence-electron chi connectivity index (χ2n) is 8.81. The SMILES string of the molecule is CCC1=CC=CC(c2ccccc2)(c2ccccc2)C1(NC1CCC(N)CC1)C(N)=O. The van der Waals surface area contributed by atoms with Crippen LogP contribution in [0.25, 0.3) is 0 Å². The standard InChI is InChI=1S/C27H33N3O/c1-2-20-14-9-19-26(21-10-5-3-6-11-21,22-12-7-4-8-13-22)27(20,25(29)31)30-24-17-15-23(28)16-18-24/h3-14,19,23-24,30H,2,15-18,28H2,1H3,(H2,29,31). The summed E-state index contributed by atoms with van der Waals surface area (Å²) in [4.78, 5) is 13.6. The maximum absolute atomic E-state index is 13.6. The van der Waals surface area contributed by atoms with Gasteiger partial charge in [0.25, 0.3) is 0 Å². The quantitative estimate of drug-likeness (QED) is 0.668. The summed E-state index contributed by atoms with van der Waals surface area (Å²) in [6, 6.07) is 21.0. The van der Waals surface area contributed by atoms with Crippen LogP contribution in [0.2, 0.25) is 0 Å². The number of primary amides is 1. The van der Waals surface area contributed by atoms with Gasteiger partial charge >= 0.3 is 0 Å². The maximum atomic E-state index is 13.6. The van der Waals surface area contributed by atoms with Gasteiger partial charge in [-0.25, -0.2) is 0 Å². The molecule has 1 atom stereocenters. The number of hydrogen-bond donors (Lipinski definition) is 3. The van der Waals surface area contributed by atoms with Gasteiger partial charge in [0, 0.05) is 12.1 Å². The second kappa shape index (κ2) is 8.81. The summed E-state index contributed by atoms with van der Waals surface area (Å²) in [6.45, 7) is 2.10. The van der Waals surface area contributed by atoms with Crippen molar-refractivity contribution in [2.75, 3.05) is 0 Å². The van der Waals surface area contributed by atoms with Crippen molar-refractivity contribution in [1.82, 2.24) is 5.32 Å². The highest BCUT2D eigenvalue weighted by Gasteiger charge is 2.59. The molecule has 2 aromatic carbocycles. The lowest BCUT2D eigenvalue weighted by Gasteiger charge is -2.53. The Balaban J connectivity index is 1.97. The zero-order valence-electron chi connectivity index (χ0n) is 18.3. The Bertz CT molecular complexity index is 919. The van der Waals surface area contributed by atoms with Gasteiger partial charge in [0.05, 0.1) is 5.41 Å². The first kappa shape index (κ1) is 21.5. The highest BCUT2D eigenvalue weighted by molar-refractivity contribution is 5.94. The monoisotopic (exact) mass is 415 g/mol. The summed E-state index contributed by atoms with van der Waals surface area (Å²) in [5, 5.41) is 3.83. The molecule has 4 nitrogen and oxygen atoms in total. The predicted octanol–water partition coefficient (Wildman–Crippen LogP) is 3.96. The van der Waals surface area contributed by atoms with Crippen molar-refractivity contribution in [3.8, 4) is 0 Å². The molecule has 2 aliphatic carbocycles. The lowest BCUT2D eigenvalue weighted by atomic mass is 9.55. The third-order valence-electron chi connectivity index (χ3n) is 7.12. The number of carbonyl (C=O) groups is 1. The normalized spacial score (nSPS) is 27.5. The maximum Gasteiger partial charge on any atom is 0.243 e. The van der Waals surface area contributed by atoms with Gasteiger partial charge in [0.1, 0.15) is 5.54 Å². The molecular weight excluding hydrogens is 382 g/mol. The minimum absolute atomic E-state index is 0.181. The van der Waals surface area contributed by atoms with Crippen molar-refractivity contribution in [3.05, 3.63) is 95.6 Å². The molecule has 2 aliphatic rings. The number of hydrogen-bond acceptors (Lipinski definition) is 3. The Morgan fingerprint density at radius 1 is 0.968 bits per heavy atom. The summed E-state index contributed by atoms with van der Waals surface area (Å²) in [6.07, 6.45) is 10.8. The lowest BCUT2D eigenvalue weighted by Crippen LogP contribution is -2.71. The van der Waals surface area contributed by atoms with Crippen LogP contribution in [-0.4, -0.2) is 23.5 Å². The van der Waals surface area contributed by atoms with Gasteiger partial charge in [0.15, 0.2) is 0 Å². The number of carbonyl (C=O) groups excluding carboxylic acids is 1. The third-order valence-corrected chi connectivity index (χ3v) is 7.12. The smallest absolute Gasteiger partial charge is 0.243 e. The number of amides is 1. The van der Waals surface area contributed by atoms with E-state index in [1.165, 1.54) is 0 Å². The molecule has 0 saturated heterocycles. The van der Waals surface area contributed by atoms with Gasteiger partial charge < -0.3 is 11.5 Å². The minimum atomic E-state index is -1.06. The molecule has 0 bridgehead atoms.